The van der Waals surface area contributed by atoms with Gasteiger partial charge in [0.15, 0.2) is 0 Å². The lowest BCUT2D eigenvalue weighted by atomic mass is 10.1. The van der Waals surface area contributed by atoms with Crippen LogP contribution in [-0.2, 0) is 6.54 Å². The van der Waals surface area contributed by atoms with E-state index in [-0.39, 0.29) is 18.2 Å². The summed E-state index contributed by atoms with van der Waals surface area (Å²) in [6, 6.07) is 13.8. The van der Waals surface area contributed by atoms with Gasteiger partial charge < -0.3 is 20.1 Å². The molecule has 4 N–H and O–H groups in total. The number of hydrogen-bond donors (Lipinski definition) is 4. The highest BCUT2D eigenvalue weighted by molar-refractivity contribution is 5.93. The van der Waals surface area contributed by atoms with Crippen molar-refractivity contribution in [1.29, 1.82) is 0 Å². The maximum Gasteiger partial charge on any atom is 0.269 e. The molecule has 8 heteroatoms. The van der Waals surface area contributed by atoms with Crippen LogP contribution in [0.15, 0.2) is 48.5 Å². The number of phenols is 1. The molecule has 2 heterocycles. The number of aromatic nitrogens is 4. The number of phenolic OH excluding ortho intramolecular Hbond substituents is 1. The average Bonchev–Trinajstić information content (AvgIpc) is 3.33. The highest BCUT2D eigenvalue weighted by Crippen LogP contribution is 2.21. The number of nitrogens with one attached hydrogen (secondary N) is 3. The summed E-state index contributed by atoms with van der Waals surface area (Å²) < 4.78 is 5.19. The number of ether oxygens (including phenoxy) is 1. The smallest absolute Gasteiger partial charge is 0.269 e. The van der Waals surface area contributed by atoms with Crippen molar-refractivity contribution < 1.29 is 14.6 Å². The summed E-state index contributed by atoms with van der Waals surface area (Å²) in [6.45, 7) is 0.253. The molecule has 1 amide bonds. The van der Waals surface area contributed by atoms with E-state index in [0.717, 1.165) is 22.3 Å². The summed E-state index contributed by atoms with van der Waals surface area (Å²) in [5.41, 5.74) is 3.41. The standard InChI is InChI=1S/C19H17N5O3/c1-27-13-6-7-14-16(8-13)22-18(21-14)10-20-19(26)17-9-15(23-24-17)11-2-4-12(25)5-3-11/h2-9,25H,10H2,1H3,(H,20,26)(H,21,22)(H,23,24). The van der Waals surface area contributed by atoms with Gasteiger partial charge in [0.2, 0.25) is 0 Å². The Bertz CT molecular complexity index is 1100. The Labute approximate surface area is 154 Å². The molecular weight excluding hydrogens is 346 g/mol. The number of hydrogen-bond acceptors (Lipinski definition) is 5. The third-order valence-electron chi connectivity index (χ3n) is 4.14. The molecule has 0 unspecified atom stereocenters. The van der Waals surface area contributed by atoms with Crippen molar-refractivity contribution >= 4 is 16.9 Å². The van der Waals surface area contributed by atoms with Crippen molar-refractivity contribution in [1.82, 2.24) is 25.5 Å². The second-order valence-corrected chi connectivity index (χ2v) is 5.96. The Morgan fingerprint density at radius 3 is 2.78 bits per heavy atom. The van der Waals surface area contributed by atoms with E-state index in [4.69, 9.17) is 4.74 Å². The number of fused-ring (bicyclic) bond motifs is 1. The zero-order valence-corrected chi connectivity index (χ0v) is 14.5. The average molecular weight is 363 g/mol. The second kappa shape index (κ2) is 6.83. The number of aromatic hydroxyl groups is 1. The van der Waals surface area contributed by atoms with Crippen molar-refractivity contribution in [3.05, 3.63) is 60.0 Å². The van der Waals surface area contributed by atoms with E-state index in [1.807, 2.05) is 18.2 Å². The van der Waals surface area contributed by atoms with Gasteiger partial charge >= 0.3 is 0 Å². The molecule has 0 radical (unpaired) electrons. The van der Waals surface area contributed by atoms with Crippen LogP contribution < -0.4 is 10.1 Å². The van der Waals surface area contributed by atoms with Crippen LogP contribution in [0.3, 0.4) is 0 Å². The van der Waals surface area contributed by atoms with Crippen molar-refractivity contribution in [2.75, 3.05) is 7.11 Å². The quantitative estimate of drug-likeness (QED) is 0.435. The molecule has 0 aliphatic rings. The Hall–Kier alpha value is -3.81. The first-order valence-electron chi connectivity index (χ1n) is 8.28. The van der Waals surface area contributed by atoms with Gasteiger partial charge in [0.05, 0.1) is 30.4 Å². The summed E-state index contributed by atoms with van der Waals surface area (Å²) in [6.07, 6.45) is 0. The van der Waals surface area contributed by atoms with E-state index in [1.54, 1.807) is 37.4 Å². The van der Waals surface area contributed by atoms with Gasteiger partial charge in [-0.1, -0.05) is 0 Å². The fraction of sp³-hybridized carbons (Fsp3) is 0.105. The zero-order valence-electron chi connectivity index (χ0n) is 14.5. The van der Waals surface area contributed by atoms with Crippen molar-refractivity contribution in [2.24, 2.45) is 0 Å². The maximum atomic E-state index is 12.3. The Morgan fingerprint density at radius 2 is 2.00 bits per heavy atom. The summed E-state index contributed by atoms with van der Waals surface area (Å²) in [5.74, 6) is 1.27. The van der Waals surface area contributed by atoms with Gasteiger partial charge in [-0.25, -0.2) is 4.98 Å². The number of methoxy groups -OCH3 is 1. The molecule has 4 aromatic rings. The minimum atomic E-state index is -0.287. The first-order valence-corrected chi connectivity index (χ1v) is 8.28. The minimum Gasteiger partial charge on any atom is -0.508 e. The van der Waals surface area contributed by atoms with E-state index in [1.165, 1.54) is 0 Å². The number of amides is 1. The predicted octanol–water partition coefficient (Wildman–Crippen LogP) is 2.60. The van der Waals surface area contributed by atoms with Gasteiger partial charge in [-0.3, -0.25) is 9.89 Å². The third-order valence-corrected chi connectivity index (χ3v) is 4.14. The Kier molecular flexibility index (Phi) is 4.21. The number of nitrogens with zero attached hydrogens (tertiary/aromatic N) is 2. The van der Waals surface area contributed by atoms with E-state index < -0.39 is 0 Å². The van der Waals surface area contributed by atoms with Crippen LogP contribution in [0.25, 0.3) is 22.3 Å². The number of imidazole rings is 1. The van der Waals surface area contributed by atoms with Gasteiger partial charge in [0.25, 0.3) is 5.91 Å². The first-order chi connectivity index (χ1) is 13.1. The fourth-order valence-corrected chi connectivity index (χ4v) is 2.73. The second-order valence-electron chi connectivity index (χ2n) is 5.96. The van der Waals surface area contributed by atoms with Crippen LogP contribution in [0.1, 0.15) is 16.3 Å². The summed E-state index contributed by atoms with van der Waals surface area (Å²) in [5, 5.41) is 19.0. The Balaban J connectivity index is 1.44. The van der Waals surface area contributed by atoms with E-state index >= 15 is 0 Å². The fourth-order valence-electron chi connectivity index (χ4n) is 2.73. The van der Waals surface area contributed by atoms with Crippen LogP contribution in [-0.4, -0.2) is 38.3 Å². The summed E-state index contributed by atoms with van der Waals surface area (Å²) in [4.78, 5) is 19.9. The van der Waals surface area contributed by atoms with Crippen molar-refractivity contribution in [3.8, 4) is 22.8 Å². The molecule has 0 aliphatic carbocycles. The van der Waals surface area contributed by atoms with Crippen LogP contribution in [0, 0.1) is 0 Å². The van der Waals surface area contributed by atoms with Crippen LogP contribution in [0.4, 0.5) is 0 Å². The monoisotopic (exact) mass is 363 g/mol. The largest absolute Gasteiger partial charge is 0.508 e. The van der Waals surface area contributed by atoms with E-state index in [9.17, 15) is 9.90 Å². The number of carbonyl (C=O) groups is 1. The first kappa shape index (κ1) is 16.6. The molecule has 0 saturated heterocycles. The van der Waals surface area contributed by atoms with Crippen LogP contribution in [0.5, 0.6) is 11.5 Å². The number of H-pyrrole nitrogens is 2. The normalized spacial score (nSPS) is 10.9. The summed E-state index contributed by atoms with van der Waals surface area (Å²) in [7, 11) is 1.61. The van der Waals surface area contributed by atoms with Gasteiger partial charge in [0, 0.05) is 11.6 Å². The van der Waals surface area contributed by atoms with Crippen molar-refractivity contribution in [3.63, 3.8) is 0 Å². The molecule has 136 valence electrons. The van der Waals surface area contributed by atoms with Gasteiger partial charge in [-0.2, -0.15) is 5.10 Å². The molecule has 0 atom stereocenters. The lowest BCUT2D eigenvalue weighted by molar-refractivity contribution is 0.0945. The lowest BCUT2D eigenvalue weighted by Crippen LogP contribution is -2.23. The molecule has 27 heavy (non-hydrogen) atoms. The SMILES string of the molecule is COc1ccc2nc(CNC(=O)c3cc(-c4ccc(O)cc4)n[nH]3)[nH]c2c1. The van der Waals surface area contributed by atoms with Gasteiger partial charge in [-0.05, 0) is 42.5 Å². The van der Waals surface area contributed by atoms with E-state index in [0.29, 0.717) is 17.2 Å². The zero-order chi connectivity index (χ0) is 18.8. The molecule has 2 aromatic heterocycles. The van der Waals surface area contributed by atoms with Crippen LogP contribution >= 0.6 is 0 Å². The molecule has 8 nitrogen and oxygen atoms in total. The van der Waals surface area contributed by atoms with Gasteiger partial charge in [0.1, 0.15) is 23.0 Å². The molecule has 0 fully saturated rings. The molecule has 4 rings (SSSR count). The number of rotatable bonds is 5. The maximum absolute atomic E-state index is 12.3. The molecular formula is C19H17N5O3. The lowest BCUT2D eigenvalue weighted by Gasteiger charge is -2.00. The highest BCUT2D eigenvalue weighted by atomic mass is 16.5. The van der Waals surface area contributed by atoms with Crippen molar-refractivity contribution in [2.45, 2.75) is 6.54 Å². The highest BCUT2D eigenvalue weighted by Gasteiger charge is 2.12. The molecule has 2 aromatic carbocycles. The number of carbonyl (C=O) groups excluding carboxylic acids is 1. The molecule has 0 saturated carbocycles. The van der Waals surface area contributed by atoms with Gasteiger partial charge in [-0.15, -0.1) is 0 Å². The number of aromatic amines is 2. The molecule has 0 aliphatic heterocycles. The Morgan fingerprint density at radius 1 is 1.19 bits per heavy atom. The topological polar surface area (TPSA) is 116 Å². The number of benzene rings is 2. The van der Waals surface area contributed by atoms with Crippen LogP contribution in [0.2, 0.25) is 0 Å². The predicted molar refractivity (Wildman–Crippen MR) is 99.5 cm³/mol. The molecule has 0 spiro atoms. The van der Waals surface area contributed by atoms with E-state index in [2.05, 4.69) is 25.5 Å². The molecule has 0 bridgehead atoms. The third kappa shape index (κ3) is 3.45. The summed E-state index contributed by atoms with van der Waals surface area (Å²) >= 11 is 0. The minimum absolute atomic E-state index is 0.177.